The van der Waals surface area contributed by atoms with Crippen LogP contribution in [0.15, 0.2) is 0 Å². The Bertz CT molecular complexity index is 137. The number of hydrogen-bond donors (Lipinski definition) is 4. The molecule has 6 N–H and O–H groups in total. The molecule has 8 heavy (non-hydrogen) atoms. The number of amides is 2. The second-order valence-corrected chi connectivity index (χ2v) is 2.57. The summed E-state index contributed by atoms with van der Waals surface area (Å²) in [6, 6.07) is -1.11. The van der Waals surface area contributed by atoms with Crippen LogP contribution in [0.3, 0.4) is 0 Å². The molecule has 0 aromatic carbocycles. The fourth-order valence-electron chi connectivity index (χ4n) is 0.158. The van der Waals surface area contributed by atoms with E-state index in [4.69, 9.17) is 4.89 Å². The van der Waals surface area contributed by atoms with Crippen molar-refractivity contribution in [2.75, 3.05) is 0 Å². The minimum absolute atomic E-state index is 1.11. The summed E-state index contributed by atoms with van der Waals surface area (Å²) in [5.41, 5.74) is 8.85. The third-order valence-corrected chi connectivity index (χ3v) is 0.811. The Balaban J connectivity index is 3.74. The minimum Gasteiger partial charge on any atom is -0.351 e. The molecule has 0 aliphatic carbocycles. The van der Waals surface area contributed by atoms with Gasteiger partial charge in [0.15, 0.2) is 0 Å². The summed E-state index contributed by atoms with van der Waals surface area (Å²) >= 11 is 0. The Labute approximate surface area is 45.4 Å². The van der Waals surface area contributed by atoms with Crippen molar-refractivity contribution in [3.05, 3.63) is 0 Å². The van der Waals surface area contributed by atoms with Gasteiger partial charge in [-0.2, -0.15) is 0 Å². The monoisotopic (exact) mass is 139 g/mol. The molecule has 0 aliphatic rings. The van der Waals surface area contributed by atoms with Crippen molar-refractivity contribution in [1.82, 2.24) is 5.09 Å². The molecule has 0 fully saturated rings. The maximum atomic E-state index is 9.95. The number of urea groups is 1. The quantitative estimate of drug-likeness (QED) is 0.338. The smallest absolute Gasteiger partial charge is 0.351 e. The first kappa shape index (κ1) is 7.42. The van der Waals surface area contributed by atoms with Crippen molar-refractivity contribution >= 4 is 13.7 Å². The number of carbonyl (C=O) groups excluding carboxylic acids is 1. The lowest BCUT2D eigenvalue weighted by Crippen LogP contribution is -2.29. The van der Waals surface area contributed by atoms with E-state index in [0.717, 1.165) is 0 Å². The van der Waals surface area contributed by atoms with Crippen molar-refractivity contribution < 1.29 is 14.3 Å². The van der Waals surface area contributed by atoms with Gasteiger partial charge in [0, 0.05) is 0 Å². The molecule has 0 aromatic rings. The molecule has 0 spiro atoms. The Kier molecular flexibility index (Phi) is 1.97. The summed E-state index contributed by atoms with van der Waals surface area (Å²) in [4.78, 5) is 17.8. The average molecular weight is 139 g/mol. The Morgan fingerprint density at radius 2 is 2.12 bits per heavy atom. The van der Waals surface area contributed by atoms with Gasteiger partial charge in [0.05, 0.1) is 0 Å². The van der Waals surface area contributed by atoms with Crippen LogP contribution in [0.4, 0.5) is 4.79 Å². The first-order valence-corrected chi connectivity index (χ1v) is 3.34. The largest absolute Gasteiger partial charge is 0.364 e. The normalized spacial score (nSPS) is 16.8. The predicted octanol–water partition coefficient (Wildman–Crippen LogP) is -1.29. The molecule has 0 aliphatic heterocycles. The number of nitrogens with one attached hydrogen (secondary N) is 1. The lowest BCUT2D eigenvalue weighted by atomic mass is 11.2. The van der Waals surface area contributed by atoms with Crippen LogP contribution in [-0.2, 0) is 4.57 Å². The fourth-order valence-corrected chi connectivity index (χ4v) is 0.474. The van der Waals surface area contributed by atoms with Crippen LogP contribution in [0.2, 0.25) is 0 Å². The fraction of sp³-hybridized carbons (Fsp3) is 0. The number of primary amides is 1. The zero-order chi connectivity index (χ0) is 6.78. The van der Waals surface area contributed by atoms with Crippen LogP contribution < -0.4 is 16.3 Å². The Morgan fingerprint density at radius 1 is 1.75 bits per heavy atom. The number of carbonyl (C=O) groups is 1. The van der Waals surface area contributed by atoms with Crippen molar-refractivity contribution in [2.45, 2.75) is 0 Å². The highest BCUT2D eigenvalue weighted by Gasteiger charge is 2.10. The highest BCUT2D eigenvalue weighted by molar-refractivity contribution is 7.54. The molecule has 0 heterocycles. The van der Waals surface area contributed by atoms with Crippen molar-refractivity contribution in [2.24, 2.45) is 11.2 Å². The van der Waals surface area contributed by atoms with Crippen LogP contribution in [0.25, 0.3) is 0 Å². The molecular formula is CH6N3O3P. The maximum Gasteiger partial charge on any atom is 0.364 e. The van der Waals surface area contributed by atoms with Gasteiger partial charge in [-0.3, -0.25) is 5.09 Å². The predicted molar refractivity (Wildman–Crippen MR) is 26.7 cm³/mol. The highest BCUT2D eigenvalue weighted by Crippen LogP contribution is 2.21. The number of hydrogen-bond acceptors (Lipinski definition) is 2. The van der Waals surface area contributed by atoms with Crippen LogP contribution in [0, 0.1) is 0 Å². The summed E-state index contributed by atoms with van der Waals surface area (Å²) < 4.78 is 9.95. The second-order valence-electron chi connectivity index (χ2n) is 1.10. The van der Waals surface area contributed by atoms with E-state index in [1.807, 2.05) is 0 Å². The van der Waals surface area contributed by atoms with E-state index < -0.39 is 13.7 Å². The standard InChI is InChI=1S/CH6N3O3P/c2-1(5)4-8(3,6)7/h(H6,2,3,4,5,6,7). The van der Waals surface area contributed by atoms with E-state index in [0.29, 0.717) is 0 Å². The molecule has 1 unspecified atom stereocenters. The molecule has 0 rings (SSSR count). The van der Waals surface area contributed by atoms with Crippen molar-refractivity contribution in [3.8, 4) is 0 Å². The third-order valence-electron chi connectivity index (χ3n) is 0.270. The van der Waals surface area contributed by atoms with Crippen LogP contribution in [0.1, 0.15) is 0 Å². The van der Waals surface area contributed by atoms with Gasteiger partial charge in [0.25, 0.3) is 0 Å². The zero-order valence-corrected chi connectivity index (χ0v) is 4.76. The van der Waals surface area contributed by atoms with Gasteiger partial charge in [-0.15, -0.1) is 0 Å². The molecule has 1 atom stereocenters. The van der Waals surface area contributed by atoms with Crippen molar-refractivity contribution in [3.63, 3.8) is 0 Å². The van der Waals surface area contributed by atoms with Gasteiger partial charge in [-0.25, -0.2) is 14.9 Å². The number of rotatable bonds is 1. The molecule has 48 valence electrons. The van der Waals surface area contributed by atoms with Gasteiger partial charge in [-0.1, -0.05) is 0 Å². The van der Waals surface area contributed by atoms with E-state index in [9.17, 15) is 9.36 Å². The first-order chi connectivity index (χ1) is 3.42. The molecule has 0 aromatic heterocycles. The van der Waals surface area contributed by atoms with E-state index in [1.165, 1.54) is 5.09 Å². The van der Waals surface area contributed by atoms with E-state index >= 15 is 0 Å². The highest BCUT2D eigenvalue weighted by atomic mass is 31.2. The summed E-state index contributed by atoms with van der Waals surface area (Å²) in [6.45, 7) is 0. The molecule has 2 amide bonds. The molecule has 0 bridgehead atoms. The lowest BCUT2D eigenvalue weighted by molar-refractivity contribution is 0.252. The molecule has 0 saturated carbocycles. The molecular weight excluding hydrogens is 133 g/mol. The number of nitrogens with two attached hydrogens (primary N) is 2. The van der Waals surface area contributed by atoms with E-state index in [-0.39, 0.29) is 0 Å². The molecule has 7 heteroatoms. The van der Waals surface area contributed by atoms with Crippen molar-refractivity contribution in [1.29, 1.82) is 0 Å². The molecule has 6 nitrogen and oxygen atoms in total. The summed E-state index contributed by atoms with van der Waals surface area (Å²) in [6.07, 6.45) is 0. The van der Waals surface area contributed by atoms with Gasteiger partial charge >= 0.3 is 13.7 Å². The summed E-state index contributed by atoms with van der Waals surface area (Å²) in [5.74, 6) is 0. The summed E-state index contributed by atoms with van der Waals surface area (Å²) in [5, 5.41) is 1.41. The van der Waals surface area contributed by atoms with Crippen LogP contribution in [0.5, 0.6) is 0 Å². The van der Waals surface area contributed by atoms with Gasteiger partial charge in [0.1, 0.15) is 0 Å². The zero-order valence-electron chi connectivity index (χ0n) is 3.87. The lowest BCUT2D eigenvalue weighted by Gasteiger charge is -2.01. The Hall–Kier alpha value is -0.580. The van der Waals surface area contributed by atoms with Gasteiger partial charge < -0.3 is 10.6 Å². The maximum absolute atomic E-state index is 9.95. The van der Waals surface area contributed by atoms with E-state index in [2.05, 4.69) is 11.2 Å². The SMILES string of the molecule is NC(=O)NP(N)(=O)O. The van der Waals surface area contributed by atoms with E-state index in [1.54, 1.807) is 0 Å². The van der Waals surface area contributed by atoms with Gasteiger partial charge in [0.2, 0.25) is 0 Å². The average Bonchev–Trinajstić information content (AvgIpc) is 1.21. The summed E-state index contributed by atoms with van der Waals surface area (Å²) in [7, 11) is -3.95. The van der Waals surface area contributed by atoms with Crippen LogP contribution in [-0.4, -0.2) is 10.9 Å². The first-order valence-electron chi connectivity index (χ1n) is 1.61. The van der Waals surface area contributed by atoms with Crippen LogP contribution >= 0.6 is 7.67 Å². The van der Waals surface area contributed by atoms with Gasteiger partial charge in [-0.05, 0) is 0 Å². The molecule has 0 saturated heterocycles. The Morgan fingerprint density at radius 3 is 2.12 bits per heavy atom. The topological polar surface area (TPSA) is 118 Å². The third kappa shape index (κ3) is 5.42. The molecule has 0 radical (unpaired) electrons. The second kappa shape index (κ2) is 2.13. The minimum atomic E-state index is -3.95.